The first-order chi connectivity index (χ1) is 7.32. The fraction of sp³-hybridized carbons (Fsp3) is 0.500. The molecule has 0 fully saturated rings. The summed E-state index contributed by atoms with van der Waals surface area (Å²) in [6.07, 6.45) is -0.453. The normalized spacial score (nSPS) is 10.8. The summed E-state index contributed by atoms with van der Waals surface area (Å²) in [7, 11) is 3.21. The molecule has 0 aromatic rings. The van der Waals surface area contributed by atoms with Gasteiger partial charge >= 0.3 is 5.97 Å². The number of aliphatic imine (C=N–C) groups is 1. The molecule has 0 bridgehead atoms. The molecule has 0 saturated heterocycles. The Morgan fingerprint density at radius 2 is 2.00 bits per heavy atom. The van der Waals surface area contributed by atoms with E-state index in [4.69, 9.17) is 16.2 Å². The highest BCUT2D eigenvalue weighted by molar-refractivity contribution is 6.01. The van der Waals surface area contributed by atoms with Gasteiger partial charge in [0, 0.05) is 20.5 Å². The van der Waals surface area contributed by atoms with E-state index in [-0.39, 0.29) is 24.8 Å². The van der Waals surface area contributed by atoms with Crippen LogP contribution >= 0.6 is 0 Å². The lowest BCUT2D eigenvalue weighted by Gasteiger charge is -2.09. The van der Waals surface area contributed by atoms with Crippen LogP contribution in [0.4, 0.5) is 0 Å². The van der Waals surface area contributed by atoms with Crippen LogP contribution in [0.1, 0.15) is 12.8 Å². The van der Waals surface area contributed by atoms with Crippen molar-refractivity contribution in [3.8, 4) is 0 Å². The van der Waals surface area contributed by atoms with Crippen LogP contribution in [0.25, 0.3) is 0 Å². The number of hydrogen-bond donors (Lipinski definition) is 4. The van der Waals surface area contributed by atoms with Gasteiger partial charge < -0.3 is 15.7 Å². The molecule has 0 aliphatic heterocycles. The van der Waals surface area contributed by atoms with Crippen molar-refractivity contribution in [3.63, 3.8) is 0 Å². The van der Waals surface area contributed by atoms with Crippen LogP contribution < -0.4 is 11.1 Å². The molecule has 0 aromatic heterocycles. The summed E-state index contributed by atoms with van der Waals surface area (Å²) < 4.78 is 0. The summed E-state index contributed by atoms with van der Waals surface area (Å²) >= 11 is 0. The minimum absolute atomic E-state index is 0.115. The highest BCUT2D eigenvalue weighted by Gasteiger charge is 2.07. The lowest BCUT2D eigenvalue weighted by atomic mass is 10.3. The van der Waals surface area contributed by atoms with E-state index in [0.717, 1.165) is 0 Å². The summed E-state index contributed by atoms with van der Waals surface area (Å²) in [4.78, 5) is 26.2. The summed E-state index contributed by atoms with van der Waals surface area (Å²) in [6.45, 7) is 0. The van der Waals surface area contributed by atoms with Crippen LogP contribution in [0.3, 0.4) is 0 Å². The van der Waals surface area contributed by atoms with Gasteiger partial charge in [-0.25, -0.2) is 0 Å². The zero-order valence-electron chi connectivity index (χ0n) is 9.15. The van der Waals surface area contributed by atoms with Crippen molar-refractivity contribution in [3.05, 3.63) is 0 Å². The van der Waals surface area contributed by atoms with Crippen molar-refractivity contribution in [2.75, 3.05) is 14.1 Å². The van der Waals surface area contributed by atoms with Gasteiger partial charge in [0.2, 0.25) is 17.8 Å². The summed E-state index contributed by atoms with van der Waals surface area (Å²) in [5, 5.41) is 17.8. The summed E-state index contributed by atoms with van der Waals surface area (Å²) in [5.41, 5.74) is 5.32. The number of carboxylic acids is 1. The molecule has 0 aliphatic rings. The van der Waals surface area contributed by atoms with Gasteiger partial charge in [-0.15, -0.1) is 0 Å². The molecule has 0 saturated carbocycles. The molecule has 0 heterocycles. The molecule has 0 rings (SSSR count). The van der Waals surface area contributed by atoms with Gasteiger partial charge in [-0.1, -0.05) is 0 Å². The minimum Gasteiger partial charge on any atom is -0.481 e. The van der Waals surface area contributed by atoms with Crippen LogP contribution in [-0.2, 0) is 9.59 Å². The molecule has 0 aliphatic carbocycles. The number of carbonyl (C=O) groups is 2. The van der Waals surface area contributed by atoms with Gasteiger partial charge in [-0.05, 0) is 0 Å². The summed E-state index contributed by atoms with van der Waals surface area (Å²) in [5.74, 6) is -1.95. The fourth-order valence-electron chi connectivity index (χ4n) is 0.668. The smallest absolute Gasteiger partial charge is 0.303 e. The first kappa shape index (κ1) is 13.9. The van der Waals surface area contributed by atoms with Gasteiger partial charge in [0.15, 0.2) is 0 Å². The first-order valence-corrected chi connectivity index (χ1v) is 4.44. The number of nitrogens with zero attached hydrogens (tertiary/aromatic N) is 2. The third-order valence-electron chi connectivity index (χ3n) is 1.48. The average molecular weight is 229 g/mol. The highest BCUT2D eigenvalue weighted by atomic mass is 16.4. The van der Waals surface area contributed by atoms with Gasteiger partial charge in [0.25, 0.3) is 0 Å². The van der Waals surface area contributed by atoms with E-state index in [9.17, 15) is 9.59 Å². The molecular weight excluding hydrogens is 214 g/mol. The maximum Gasteiger partial charge on any atom is 0.303 e. The van der Waals surface area contributed by atoms with Gasteiger partial charge in [-0.3, -0.25) is 20.3 Å². The van der Waals surface area contributed by atoms with Crippen LogP contribution in [0.5, 0.6) is 0 Å². The molecule has 8 heteroatoms. The third kappa shape index (κ3) is 6.35. The average Bonchev–Trinajstić information content (AvgIpc) is 2.14. The monoisotopic (exact) mass is 229 g/mol. The molecule has 0 spiro atoms. The minimum atomic E-state index is -1.06. The van der Waals surface area contributed by atoms with Crippen molar-refractivity contribution >= 4 is 23.8 Å². The van der Waals surface area contributed by atoms with E-state index in [2.05, 4.69) is 10.3 Å². The zero-order valence-corrected chi connectivity index (χ0v) is 9.15. The predicted octanol–water partition coefficient (Wildman–Crippen LogP) is -1.22. The molecule has 0 aromatic carbocycles. The van der Waals surface area contributed by atoms with E-state index in [1.807, 2.05) is 0 Å². The molecule has 0 unspecified atom stereocenters. The van der Waals surface area contributed by atoms with Crippen LogP contribution in [-0.4, -0.2) is 47.9 Å². The fourth-order valence-corrected chi connectivity index (χ4v) is 0.668. The zero-order chi connectivity index (χ0) is 12.7. The quantitative estimate of drug-likeness (QED) is 0.355. The van der Waals surface area contributed by atoms with Gasteiger partial charge in [-0.2, -0.15) is 4.99 Å². The summed E-state index contributed by atoms with van der Waals surface area (Å²) in [6, 6.07) is 0. The molecule has 5 N–H and O–H groups in total. The molecule has 1 amide bonds. The van der Waals surface area contributed by atoms with E-state index in [1.54, 1.807) is 14.1 Å². The lowest BCUT2D eigenvalue weighted by molar-refractivity contribution is -0.138. The Bertz CT molecular complexity index is 324. The number of guanidine groups is 2. The Labute approximate surface area is 92.6 Å². The number of aliphatic carboxylic acids is 1. The molecule has 0 radical (unpaired) electrons. The molecule has 16 heavy (non-hydrogen) atoms. The largest absolute Gasteiger partial charge is 0.481 e. The number of nitrogens with two attached hydrogens (primary N) is 1. The predicted molar refractivity (Wildman–Crippen MR) is 58.0 cm³/mol. The Balaban J connectivity index is 4.13. The second-order valence-corrected chi connectivity index (χ2v) is 3.16. The third-order valence-corrected chi connectivity index (χ3v) is 1.48. The Hall–Kier alpha value is -2.12. The molecular formula is C8H15N5O3. The number of amides is 1. The number of rotatable bonds is 3. The first-order valence-electron chi connectivity index (χ1n) is 4.44. The maximum atomic E-state index is 11.1. The van der Waals surface area contributed by atoms with Crippen molar-refractivity contribution in [2.45, 2.75) is 12.8 Å². The van der Waals surface area contributed by atoms with Gasteiger partial charge in [0.05, 0.1) is 6.42 Å². The number of carbonyl (C=O) groups excluding carboxylic acids is 1. The number of nitrogens with one attached hydrogen (secondary N) is 2. The van der Waals surface area contributed by atoms with Crippen molar-refractivity contribution in [1.29, 1.82) is 5.41 Å². The van der Waals surface area contributed by atoms with Crippen molar-refractivity contribution in [2.24, 2.45) is 10.7 Å². The molecule has 8 nitrogen and oxygen atoms in total. The van der Waals surface area contributed by atoms with Crippen LogP contribution in [0.2, 0.25) is 0 Å². The number of hydrogen-bond acceptors (Lipinski definition) is 3. The highest BCUT2D eigenvalue weighted by Crippen LogP contribution is 1.88. The maximum absolute atomic E-state index is 11.1. The van der Waals surface area contributed by atoms with E-state index in [1.165, 1.54) is 4.90 Å². The van der Waals surface area contributed by atoms with Gasteiger partial charge in [0.1, 0.15) is 0 Å². The van der Waals surface area contributed by atoms with Crippen LogP contribution in [0, 0.1) is 5.41 Å². The number of carboxylic acid groups (broad SMARTS) is 1. The Morgan fingerprint density at radius 1 is 1.44 bits per heavy atom. The van der Waals surface area contributed by atoms with E-state index >= 15 is 0 Å². The second-order valence-electron chi connectivity index (χ2n) is 3.16. The molecule has 90 valence electrons. The van der Waals surface area contributed by atoms with Crippen molar-refractivity contribution in [1.82, 2.24) is 10.2 Å². The Morgan fingerprint density at radius 3 is 2.44 bits per heavy atom. The van der Waals surface area contributed by atoms with E-state index < -0.39 is 11.9 Å². The van der Waals surface area contributed by atoms with Crippen LogP contribution in [0.15, 0.2) is 4.99 Å². The SMILES string of the molecule is CN(C)C(=N)N=C(N)NC(=O)CCC(=O)O. The Kier molecular flexibility index (Phi) is 5.53. The topological polar surface area (TPSA) is 132 Å². The lowest BCUT2D eigenvalue weighted by Crippen LogP contribution is -2.38. The second kappa shape index (κ2) is 6.38. The van der Waals surface area contributed by atoms with Crippen molar-refractivity contribution < 1.29 is 14.7 Å². The molecule has 0 atom stereocenters. The standard InChI is InChI=1S/C8H15N5O3/c1-13(2)8(10)12-7(9)11-5(14)3-4-6(15)16/h3-4H2,1-2H3,(H,15,16)(H4,9,10,11,12,14). The van der Waals surface area contributed by atoms with E-state index in [0.29, 0.717) is 0 Å².